The zero-order chi connectivity index (χ0) is 15.8. The summed E-state index contributed by atoms with van der Waals surface area (Å²) in [6.45, 7) is 4.97. The maximum absolute atomic E-state index is 12.2. The number of carbonyl (C=O) groups excluding carboxylic acids is 1. The summed E-state index contributed by atoms with van der Waals surface area (Å²) in [4.78, 5) is 12.2. The largest absolute Gasteiger partial charge is 0.383 e. The fourth-order valence-corrected chi connectivity index (χ4v) is 2.39. The highest BCUT2D eigenvalue weighted by Gasteiger charge is 2.08. The van der Waals surface area contributed by atoms with Crippen LogP contribution in [-0.4, -0.2) is 19.0 Å². The molecule has 22 heavy (non-hydrogen) atoms. The van der Waals surface area contributed by atoms with Crippen LogP contribution in [0.4, 0.5) is 5.69 Å². The Morgan fingerprint density at radius 1 is 1.09 bits per heavy atom. The Hall–Kier alpha value is -2.07. The van der Waals surface area contributed by atoms with Crippen LogP contribution in [0.1, 0.15) is 15.9 Å². The molecule has 4 heteroatoms. The molecule has 0 saturated carbocycles. The lowest BCUT2D eigenvalue weighted by molar-refractivity contribution is 0.0954. The number of anilines is 1. The third-order valence-electron chi connectivity index (χ3n) is 3.21. The van der Waals surface area contributed by atoms with Crippen LogP contribution in [0.25, 0.3) is 0 Å². The van der Waals surface area contributed by atoms with Gasteiger partial charge in [-0.25, -0.2) is 0 Å². The van der Waals surface area contributed by atoms with Gasteiger partial charge in [-0.3, -0.25) is 4.79 Å². The number of amides is 1. The number of benzene rings is 2. The van der Waals surface area contributed by atoms with Gasteiger partial charge in [0, 0.05) is 28.8 Å². The van der Waals surface area contributed by atoms with Crippen LogP contribution in [-0.2, 0) is 6.42 Å². The minimum atomic E-state index is -0.0462. The van der Waals surface area contributed by atoms with Crippen molar-refractivity contribution < 1.29 is 4.79 Å². The molecule has 0 fully saturated rings. The highest BCUT2D eigenvalue weighted by molar-refractivity contribution is 9.10. The third kappa shape index (κ3) is 4.74. The Bertz CT molecular complexity index is 638. The first kappa shape index (κ1) is 16.3. The summed E-state index contributed by atoms with van der Waals surface area (Å²) < 4.78 is 1.05. The van der Waals surface area contributed by atoms with Crippen molar-refractivity contribution in [2.45, 2.75) is 6.42 Å². The normalized spacial score (nSPS) is 10.0. The molecule has 0 aliphatic heterocycles. The quantitative estimate of drug-likeness (QED) is 0.579. The Kier molecular flexibility index (Phi) is 6.22. The van der Waals surface area contributed by atoms with Crippen molar-refractivity contribution in [3.8, 4) is 0 Å². The first-order valence-corrected chi connectivity index (χ1v) is 7.96. The van der Waals surface area contributed by atoms with E-state index in [9.17, 15) is 4.79 Å². The summed E-state index contributed by atoms with van der Waals surface area (Å²) in [7, 11) is 0. The van der Waals surface area contributed by atoms with E-state index in [1.54, 1.807) is 6.08 Å². The van der Waals surface area contributed by atoms with Crippen molar-refractivity contribution in [1.29, 1.82) is 0 Å². The molecule has 0 atom stereocenters. The summed E-state index contributed by atoms with van der Waals surface area (Å²) in [6.07, 6.45) is 2.50. The molecule has 2 aromatic rings. The molecule has 0 aromatic heterocycles. The lowest BCUT2D eigenvalue weighted by Crippen LogP contribution is -2.29. The van der Waals surface area contributed by atoms with E-state index < -0.39 is 0 Å². The Balaban J connectivity index is 1.83. The number of nitrogens with one attached hydrogen (secondary N) is 2. The molecule has 0 saturated heterocycles. The van der Waals surface area contributed by atoms with E-state index in [2.05, 4.69) is 33.1 Å². The predicted octanol–water partition coefficient (Wildman–Crippen LogP) is 4.02. The molecule has 0 bridgehead atoms. The van der Waals surface area contributed by atoms with Crippen molar-refractivity contribution in [2.75, 3.05) is 18.4 Å². The molecule has 2 aromatic carbocycles. The second-order valence-electron chi connectivity index (χ2n) is 4.84. The van der Waals surface area contributed by atoms with E-state index in [1.165, 1.54) is 0 Å². The zero-order valence-electron chi connectivity index (χ0n) is 12.3. The Morgan fingerprint density at radius 3 is 2.55 bits per heavy atom. The van der Waals surface area contributed by atoms with Crippen LogP contribution in [0.2, 0.25) is 0 Å². The number of hydrogen-bond acceptors (Lipinski definition) is 2. The van der Waals surface area contributed by atoms with E-state index in [1.807, 2.05) is 48.5 Å². The van der Waals surface area contributed by atoms with E-state index in [-0.39, 0.29) is 5.91 Å². The van der Waals surface area contributed by atoms with Crippen molar-refractivity contribution in [3.63, 3.8) is 0 Å². The van der Waals surface area contributed by atoms with E-state index in [0.29, 0.717) is 25.1 Å². The third-order valence-corrected chi connectivity index (χ3v) is 3.74. The van der Waals surface area contributed by atoms with Gasteiger partial charge in [0.2, 0.25) is 0 Å². The van der Waals surface area contributed by atoms with Crippen LogP contribution >= 0.6 is 15.9 Å². The smallest absolute Gasteiger partial charge is 0.251 e. The first-order chi connectivity index (χ1) is 10.7. The molecule has 0 aliphatic carbocycles. The molecule has 2 rings (SSSR count). The predicted molar refractivity (Wildman–Crippen MR) is 95.3 cm³/mol. The average Bonchev–Trinajstić information content (AvgIpc) is 2.54. The van der Waals surface area contributed by atoms with Crippen molar-refractivity contribution in [1.82, 2.24) is 5.32 Å². The minimum Gasteiger partial charge on any atom is -0.383 e. The van der Waals surface area contributed by atoms with Crippen LogP contribution in [0.3, 0.4) is 0 Å². The van der Waals surface area contributed by atoms with Gasteiger partial charge in [-0.15, -0.1) is 6.58 Å². The number of hydrogen-bond donors (Lipinski definition) is 2. The van der Waals surface area contributed by atoms with Gasteiger partial charge in [0.25, 0.3) is 5.91 Å². The van der Waals surface area contributed by atoms with E-state index >= 15 is 0 Å². The number of carbonyl (C=O) groups is 1. The van der Waals surface area contributed by atoms with E-state index in [0.717, 1.165) is 15.7 Å². The molecule has 0 heterocycles. The van der Waals surface area contributed by atoms with Crippen LogP contribution < -0.4 is 10.6 Å². The monoisotopic (exact) mass is 358 g/mol. The second-order valence-corrected chi connectivity index (χ2v) is 5.76. The van der Waals surface area contributed by atoms with Gasteiger partial charge < -0.3 is 10.6 Å². The lowest BCUT2D eigenvalue weighted by Gasteiger charge is -2.10. The van der Waals surface area contributed by atoms with Crippen LogP contribution in [0.5, 0.6) is 0 Å². The second kappa shape index (κ2) is 8.39. The van der Waals surface area contributed by atoms with Crippen molar-refractivity contribution in [3.05, 3.63) is 76.8 Å². The maximum Gasteiger partial charge on any atom is 0.251 e. The first-order valence-electron chi connectivity index (χ1n) is 7.17. The SMILES string of the molecule is C=CCc1ccccc1C(=O)NCCNc1ccc(Br)cc1. The summed E-state index contributed by atoms with van der Waals surface area (Å²) in [5.41, 5.74) is 2.74. The summed E-state index contributed by atoms with van der Waals surface area (Å²) in [6, 6.07) is 15.6. The van der Waals surface area contributed by atoms with Crippen molar-refractivity contribution in [2.24, 2.45) is 0 Å². The fourth-order valence-electron chi connectivity index (χ4n) is 2.12. The average molecular weight is 359 g/mol. The zero-order valence-corrected chi connectivity index (χ0v) is 13.9. The van der Waals surface area contributed by atoms with Gasteiger partial charge >= 0.3 is 0 Å². The number of allylic oxidation sites excluding steroid dienone is 1. The van der Waals surface area contributed by atoms with Gasteiger partial charge in [0.15, 0.2) is 0 Å². The molecule has 2 N–H and O–H groups in total. The minimum absolute atomic E-state index is 0.0462. The fraction of sp³-hybridized carbons (Fsp3) is 0.167. The number of halogens is 1. The molecule has 3 nitrogen and oxygen atoms in total. The van der Waals surface area contributed by atoms with Gasteiger partial charge in [-0.05, 0) is 42.3 Å². The van der Waals surface area contributed by atoms with Gasteiger partial charge in [-0.1, -0.05) is 40.2 Å². The molecular formula is C18H19BrN2O. The van der Waals surface area contributed by atoms with E-state index in [4.69, 9.17) is 0 Å². The van der Waals surface area contributed by atoms with Gasteiger partial charge in [0.05, 0.1) is 0 Å². The molecule has 0 radical (unpaired) electrons. The van der Waals surface area contributed by atoms with Gasteiger partial charge in [-0.2, -0.15) is 0 Å². The van der Waals surface area contributed by atoms with Crippen molar-refractivity contribution >= 4 is 27.5 Å². The molecule has 1 amide bonds. The molecule has 114 valence electrons. The highest BCUT2D eigenvalue weighted by Crippen LogP contribution is 2.13. The molecular weight excluding hydrogens is 340 g/mol. The topological polar surface area (TPSA) is 41.1 Å². The van der Waals surface area contributed by atoms with Crippen LogP contribution in [0.15, 0.2) is 65.7 Å². The maximum atomic E-state index is 12.2. The standard InChI is InChI=1S/C18H19BrN2O/c1-2-5-14-6-3-4-7-17(14)18(22)21-13-12-20-16-10-8-15(19)9-11-16/h2-4,6-11,20H,1,5,12-13H2,(H,21,22). The highest BCUT2D eigenvalue weighted by atomic mass is 79.9. The summed E-state index contributed by atoms with van der Waals surface area (Å²) in [5, 5.41) is 6.20. The van der Waals surface area contributed by atoms with Gasteiger partial charge in [0.1, 0.15) is 0 Å². The summed E-state index contributed by atoms with van der Waals surface area (Å²) >= 11 is 3.40. The summed E-state index contributed by atoms with van der Waals surface area (Å²) in [5.74, 6) is -0.0462. The molecule has 0 unspecified atom stereocenters. The van der Waals surface area contributed by atoms with Crippen LogP contribution in [0, 0.1) is 0 Å². The number of rotatable bonds is 7. The Morgan fingerprint density at radius 2 is 1.82 bits per heavy atom. The molecule has 0 spiro atoms. The Labute approximate surface area is 139 Å². The lowest BCUT2D eigenvalue weighted by atomic mass is 10.0. The molecule has 0 aliphatic rings.